The Morgan fingerprint density at radius 1 is 1.25 bits per heavy atom. The molecule has 1 aliphatic carbocycles. The maximum absolute atomic E-state index is 12.6. The summed E-state index contributed by atoms with van der Waals surface area (Å²) in [5.74, 6) is 0.901. The number of hydrogen-bond acceptors (Lipinski definition) is 2. The van der Waals surface area contributed by atoms with Crippen molar-refractivity contribution in [2.45, 2.75) is 32.5 Å². The number of benzene rings is 1. The van der Waals surface area contributed by atoms with E-state index in [2.05, 4.69) is 13.8 Å². The van der Waals surface area contributed by atoms with Crippen molar-refractivity contribution in [1.82, 2.24) is 4.90 Å². The van der Waals surface area contributed by atoms with Gasteiger partial charge in [-0.15, -0.1) is 0 Å². The van der Waals surface area contributed by atoms with Crippen LogP contribution in [-0.4, -0.2) is 23.5 Å². The molecule has 0 N–H and O–H groups in total. The molecule has 4 atom stereocenters. The molecule has 1 aromatic rings. The topological polar surface area (TPSA) is 29.5 Å². The maximum atomic E-state index is 12.6. The van der Waals surface area contributed by atoms with Gasteiger partial charge in [0, 0.05) is 11.5 Å². The minimum atomic E-state index is -0.183. The van der Waals surface area contributed by atoms with Gasteiger partial charge in [-0.1, -0.05) is 41.5 Å². The Morgan fingerprint density at radius 2 is 2.00 bits per heavy atom. The van der Waals surface area contributed by atoms with Gasteiger partial charge in [0.25, 0.3) is 0 Å². The van der Waals surface area contributed by atoms with Crippen molar-refractivity contribution >= 4 is 5.91 Å². The van der Waals surface area contributed by atoms with Crippen LogP contribution in [0.15, 0.2) is 41.5 Å². The first-order chi connectivity index (χ1) is 9.68. The molecule has 104 valence electrons. The summed E-state index contributed by atoms with van der Waals surface area (Å²) >= 11 is 0. The number of ether oxygens (including phenoxy) is 1. The van der Waals surface area contributed by atoms with Gasteiger partial charge in [0.2, 0.25) is 5.91 Å². The van der Waals surface area contributed by atoms with Crippen LogP contribution in [-0.2, 0) is 9.53 Å². The summed E-state index contributed by atoms with van der Waals surface area (Å²) in [7, 11) is 0. The molecule has 0 bridgehead atoms. The predicted octanol–water partition coefficient (Wildman–Crippen LogP) is 2.90. The van der Waals surface area contributed by atoms with E-state index in [0.717, 1.165) is 12.0 Å². The molecule has 1 amide bonds. The van der Waals surface area contributed by atoms with Gasteiger partial charge >= 0.3 is 0 Å². The first-order valence-electron chi connectivity index (χ1n) is 7.33. The standard InChI is InChI=1S/C17H19NO2/c1-10(2)12-8-13-15(12)14-9-20-17(18(14)16(13)19)11-6-4-3-5-7-11/h3-7,13-15,17H,8-9H2,1-2H3. The Balaban J connectivity index is 1.68. The molecule has 2 saturated heterocycles. The first-order valence-corrected chi connectivity index (χ1v) is 7.33. The van der Waals surface area contributed by atoms with Crippen molar-refractivity contribution in [3.63, 3.8) is 0 Å². The van der Waals surface area contributed by atoms with Crippen molar-refractivity contribution in [3.8, 4) is 0 Å². The first kappa shape index (κ1) is 12.2. The van der Waals surface area contributed by atoms with Crippen LogP contribution in [0.5, 0.6) is 0 Å². The summed E-state index contributed by atoms with van der Waals surface area (Å²) < 4.78 is 5.94. The molecule has 1 saturated carbocycles. The number of amides is 1. The molecule has 3 aliphatic rings. The van der Waals surface area contributed by atoms with Crippen molar-refractivity contribution in [2.24, 2.45) is 11.8 Å². The Labute approximate surface area is 119 Å². The second-order valence-corrected chi connectivity index (χ2v) is 6.27. The molecule has 20 heavy (non-hydrogen) atoms. The molecule has 1 aromatic carbocycles. The van der Waals surface area contributed by atoms with Crippen LogP contribution in [0.1, 0.15) is 32.1 Å². The van der Waals surface area contributed by atoms with Crippen molar-refractivity contribution in [1.29, 1.82) is 0 Å². The fraction of sp³-hybridized carbons (Fsp3) is 0.471. The molecule has 2 aliphatic heterocycles. The Morgan fingerprint density at radius 3 is 2.70 bits per heavy atom. The Hall–Kier alpha value is -1.61. The van der Waals surface area contributed by atoms with E-state index in [4.69, 9.17) is 4.74 Å². The van der Waals surface area contributed by atoms with E-state index >= 15 is 0 Å². The third kappa shape index (κ3) is 1.47. The number of rotatable bonds is 1. The van der Waals surface area contributed by atoms with Crippen LogP contribution >= 0.6 is 0 Å². The smallest absolute Gasteiger partial charge is 0.229 e. The molecular weight excluding hydrogens is 250 g/mol. The summed E-state index contributed by atoms with van der Waals surface area (Å²) in [4.78, 5) is 14.6. The maximum Gasteiger partial charge on any atom is 0.229 e. The fourth-order valence-electron chi connectivity index (χ4n) is 4.01. The number of allylic oxidation sites excluding steroid dienone is 1. The molecule has 3 nitrogen and oxygen atoms in total. The van der Waals surface area contributed by atoms with E-state index in [-0.39, 0.29) is 24.1 Å². The summed E-state index contributed by atoms with van der Waals surface area (Å²) in [5, 5.41) is 0. The average molecular weight is 269 g/mol. The van der Waals surface area contributed by atoms with E-state index in [1.807, 2.05) is 35.2 Å². The number of carbonyl (C=O) groups excluding carboxylic acids is 1. The molecule has 0 radical (unpaired) electrons. The zero-order chi connectivity index (χ0) is 13.9. The van der Waals surface area contributed by atoms with Gasteiger partial charge in [-0.3, -0.25) is 4.79 Å². The molecule has 2 heterocycles. The van der Waals surface area contributed by atoms with Gasteiger partial charge in [0.1, 0.15) is 0 Å². The van der Waals surface area contributed by atoms with Gasteiger partial charge < -0.3 is 9.64 Å². The van der Waals surface area contributed by atoms with Crippen LogP contribution in [0, 0.1) is 11.8 Å². The van der Waals surface area contributed by atoms with Crippen LogP contribution in [0.25, 0.3) is 0 Å². The monoisotopic (exact) mass is 269 g/mol. The van der Waals surface area contributed by atoms with E-state index < -0.39 is 0 Å². The second kappa shape index (κ2) is 4.19. The van der Waals surface area contributed by atoms with Crippen LogP contribution in [0.3, 0.4) is 0 Å². The Bertz CT molecular complexity index is 588. The SMILES string of the molecule is CC(C)=C1CC2C(=O)N3C(c4ccccc4)OCC3C12. The third-order valence-electron chi connectivity index (χ3n) is 5.02. The highest BCUT2D eigenvalue weighted by Crippen LogP contribution is 2.55. The van der Waals surface area contributed by atoms with Gasteiger partial charge in [-0.2, -0.15) is 0 Å². The zero-order valence-corrected chi connectivity index (χ0v) is 11.9. The van der Waals surface area contributed by atoms with Crippen LogP contribution in [0.4, 0.5) is 0 Å². The highest BCUT2D eigenvalue weighted by Gasteiger charge is 2.60. The van der Waals surface area contributed by atoms with E-state index in [1.165, 1.54) is 11.1 Å². The van der Waals surface area contributed by atoms with Crippen molar-refractivity contribution in [2.75, 3.05) is 6.61 Å². The lowest BCUT2D eigenvalue weighted by molar-refractivity contribution is -0.138. The summed E-state index contributed by atoms with van der Waals surface area (Å²) in [6.45, 7) is 4.98. The lowest BCUT2D eigenvalue weighted by Crippen LogP contribution is -2.35. The van der Waals surface area contributed by atoms with Crippen molar-refractivity contribution < 1.29 is 9.53 Å². The van der Waals surface area contributed by atoms with Gasteiger partial charge in [-0.25, -0.2) is 0 Å². The third-order valence-corrected chi connectivity index (χ3v) is 5.02. The normalized spacial score (nSPS) is 34.8. The van der Waals surface area contributed by atoms with E-state index in [1.54, 1.807) is 0 Å². The molecule has 4 rings (SSSR count). The molecule has 0 aromatic heterocycles. The molecule has 4 unspecified atom stereocenters. The highest BCUT2D eigenvalue weighted by atomic mass is 16.5. The number of fused-ring (bicyclic) bond motifs is 3. The Kier molecular flexibility index (Phi) is 2.55. The van der Waals surface area contributed by atoms with Gasteiger partial charge in [0.15, 0.2) is 6.23 Å². The van der Waals surface area contributed by atoms with Crippen molar-refractivity contribution in [3.05, 3.63) is 47.0 Å². The quantitative estimate of drug-likeness (QED) is 0.734. The second-order valence-electron chi connectivity index (χ2n) is 6.27. The summed E-state index contributed by atoms with van der Waals surface area (Å²) in [5.41, 5.74) is 3.95. The number of hydrogen-bond donors (Lipinski definition) is 0. The van der Waals surface area contributed by atoms with Crippen LogP contribution < -0.4 is 0 Å². The minimum Gasteiger partial charge on any atom is -0.352 e. The lowest BCUT2D eigenvalue weighted by Gasteiger charge is -2.35. The number of nitrogens with zero attached hydrogens (tertiary/aromatic N) is 1. The molecular formula is C17H19NO2. The van der Waals surface area contributed by atoms with Gasteiger partial charge in [0.05, 0.1) is 18.6 Å². The minimum absolute atomic E-state index is 0.183. The number of carbonyl (C=O) groups is 1. The fourth-order valence-corrected chi connectivity index (χ4v) is 4.01. The highest BCUT2D eigenvalue weighted by molar-refractivity contribution is 5.86. The summed E-state index contributed by atoms with van der Waals surface area (Å²) in [6.07, 6.45) is 0.776. The van der Waals surface area contributed by atoms with E-state index in [0.29, 0.717) is 12.5 Å². The molecule has 3 heteroatoms. The van der Waals surface area contributed by atoms with E-state index in [9.17, 15) is 4.79 Å². The van der Waals surface area contributed by atoms with Gasteiger partial charge in [-0.05, 0) is 20.3 Å². The molecule has 3 fully saturated rings. The largest absolute Gasteiger partial charge is 0.352 e. The molecule has 0 spiro atoms. The zero-order valence-electron chi connectivity index (χ0n) is 11.9. The average Bonchev–Trinajstić information content (AvgIpc) is 2.89. The summed E-state index contributed by atoms with van der Waals surface area (Å²) in [6, 6.07) is 10.3. The van der Waals surface area contributed by atoms with Crippen LogP contribution in [0.2, 0.25) is 0 Å². The predicted molar refractivity (Wildman–Crippen MR) is 75.7 cm³/mol. The lowest BCUT2D eigenvalue weighted by atomic mass is 9.67.